The number of imidazole rings is 1. The summed E-state index contributed by atoms with van der Waals surface area (Å²) in [6.45, 7) is 8.62. The molecule has 4 nitrogen and oxygen atoms in total. The topological polar surface area (TPSA) is 30.3 Å². The predicted octanol–water partition coefficient (Wildman–Crippen LogP) is 3.52. The number of para-hydroxylation sites is 1. The van der Waals surface area contributed by atoms with Gasteiger partial charge in [0.2, 0.25) is 0 Å². The molecule has 0 bridgehead atoms. The average Bonchev–Trinajstić information content (AvgIpc) is 2.89. The second-order valence-electron chi connectivity index (χ2n) is 5.02. The lowest BCUT2D eigenvalue weighted by atomic mass is 10.3. The Labute approximate surface area is 131 Å². The van der Waals surface area contributed by atoms with Gasteiger partial charge < -0.3 is 14.2 Å². The molecule has 0 unspecified atom stereocenters. The molecule has 0 radical (unpaired) electrons. The van der Waals surface area contributed by atoms with Crippen LogP contribution in [-0.4, -0.2) is 41.2 Å². The number of alkyl halides is 1. The molecule has 0 fully saturated rings. The van der Waals surface area contributed by atoms with Crippen LogP contribution in [0.4, 0.5) is 0 Å². The molecule has 1 aromatic heterocycles. The summed E-state index contributed by atoms with van der Waals surface area (Å²) >= 11 is 6.06. The van der Waals surface area contributed by atoms with E-state index in [4.69, 9.17) is 16.3 Å². The van der Waals surface area contributed by atoms with Crippen LogP contribution in [0.25, 0.3) is 11.0 Å². The Bertz CT molecular complexity index is 578. The molecule has 5 heteroatoms. The highest BCUT2D eigenvalue weighted by Crippen LogP contribution is 2.26. The van der Waals surface area contributed by atoms with Crippen molar-refractivity contribution in [3.05, 3.63) is 24.0 Å². The van der Waals surface area contributed by atoms with Crippen LogP contribution in [0.2, 0.25) is 0 Å². The molecule has 116 valence electrons. The van der Waals surface area contributed by atoms with Crippen molar-refractivity contribution in [1.82, 2.24) is 14.5 Å². The molecular formula is C16H24ClN3O. The number of hydrogen-bond donors (Lipinski definition) is 0. The van der Waals surface area contributed by atoms with E-state index in [9.17, 15) is 0 Å². The van der Waals surface area contributed by atoms with E-state index in [-0.39, 0.29) is 0 Å². The van der Waals surface area contributed by atoms with Gasteiger partial charge in [0.05, 0.1) is 18.5 Å². The summed E-state index contributed by atoms with van der Waals surface area (Å²) in [5, 5.41) is 0. The quantitative estimate of drug-likeness (QED) is 0.699. The van der Waals surface area contributed by atoms with Crippen molar-refractivity contribution in [2.75, 3.05) is 26.7 Å². The number of aromatic nitrogens is 2. The molecule has 0 saturated heterocycles. The molecule has 0 atom stereocenters. The fourth-order valence-corrected chi connectivity index (χ4v) is 2.88. The average molecular weight is 310 g/mol. The fourth-order valence-electron chi connectivity index (χ4n) is 2.68. The molecule has 0 saturated carbocycles. The van der Waals surface area contributed by atoms with Crippen LogP contribution in [0, 0.1) is 0 Å². The Kier molecular flexibility index (Phi) is 5.88. The first-order chi connectivity index (χ1) is 10.2. The Morgan fingerprint density at radius 1 is 1.29 bits per heavy atom. The number of hydrogen-bond acceptors (Lipinski definition) is 3. The Morgan fingerprint density at radius 3 is 2.67 bits per heavy atom. The summed E-state index contributed by atoms with van der Waals surface area (Å²) < 4.78 is 7.61. The van der Waals surface area contributed by atoms with Gasteiger partial charge in [-0.15, -0.1) is 11.6 Å². The first-order valence-electron chi connectivity index (χ1n) is 7.55. The maximum atomic E-state index is 6.06. The van der Waals surface area contributed by atoms with Crippen molar-refractivity contribution in [2.24, 2.45) is 0 Å². The van der Waals surface area contributed by atoms with Crippen molar-refractivity contribution in [3.8, 4) is 5.75 Å². The van der Waals surface area contributed by atoms with Crippen LogP contribution in [0.1, 0.15) is 26.1 Å². The molecule has 0 N–H and O–H groups in total. The molecule has 0 spiro atoms. The van der Waals surface area contributed by atoms with Gasteiger partial charge in [0, 0.05) is 6.54 Å². The minimum atomic E-state index is 0.420. The second-order valence-corrected chi connectivity index (χ2v) is 5.29. The second kappa shape index (κ2) is 7.66. The number of methoxy groups -OCH3 is 1. The normalized spacial score (nSPS) is 11.5. The molecule has 0 aliphatic carbocycles. The van der Waals surface area contributed by atoms with Gasteiger partial charge in [0.25, 0.3) is 0 Å². The van der Waals surface area contributed by atoms with Crippen LogP contribution in [0.15, 0.2) is 18.2 Å². The van der Waals surface area contributed by atoms with Crippen LogP contribution >= 0.6 is 11.6 Å². The fraction of sp³-hybridized carbons (Fsp3) is 0.562. The molecular weight excluding hydrogens is 286 g/mol. The third kappa shape index (κ3) is 3.50. The molecule has 1 heterocycles. The maximum absolute atomic E-state index is 6.06. The Balaban J connectivity index is 2.22. The Hall–Kier alpha value is -1.26. The van der Waals surface area contributed by atoms with E-state index >= 15 is 0 Å². The van der Waals surface area contributed by atoms with Gasteiger partial charge in [-0.05, 0) is 38.2 Å². The van der Waals surface area contributed by atoms with E-state index in [0.29, 0.717) is 5.88 Å². The standard InChI is InChI=1S/C16H24ClN3O/c1-4-19(5-2)10-7-11-20-13-8-6-9-14(21-3)16(13)18-15(20)12-17/h6,8-9H,4-5,7,10-12H2,1-3H3. The van der Waals surface area contributed by atoms with E-state index in [1.54, 1.807) is 7.11 Å². The van der Waals surface area contributed by atoms with Crippen molar-refractivity contribution in [1.29, 1.82) is 0 Å². The smallest absolute Gasteiger partial charge is 0.146 e. The summed E-state index contributed by atoms with van der Waals surface area (Å²) in [5.41, 5.74) is 2.00. The lowest BCUT2D eigenvalue weighted by Gasteiger charge is -2.18. The van der Waals surface area contributed by atoms with E-state index < -0.39 is 0 Å². The van der Waals surface area contributed by atoms with Gasteiger partial charge in [-0.1, -0.05) is 19.9 Å². The molecule has 1 aromatic carbocycles. The minimum Gasteiger partial charge on any atom is -0.494 e. The molecule has 0 aliphatic heterocycles. The number of nitrogens with zero attached hydrogens (tertiary/aromatic N) is 3. The highest BCUT2D eigenvalue weighted by Gasteiger charge is 2.13. The monoisotopic (exact) mass is 309 g/mol. The predicted molar refractivity (Wildman–Crippen MR) is 88.2 cm³/mol. The third-order valence-electron chi connectivity index (χ3n) is 3.91. The minimum absolute atomic E-state index is 0.420. The van der Waals surface area contributed by atoms with Crippen LogP contribution in [-0.2, 0) is 12.4 Å². The van der Waals surface area contributed by atoms with E-state index in [1.165, 1.54) is 0 Å². The first kappa shape index (κ1) is 16.1. The molecule has 0 aliphatic rings. The lowest BCUT2D eigenvalue weighted by molar-refractivity contribution is 0.293. The summed E-state index contributed by atoms with van der Waals surface area (Å²) in [6.07, 6.45) is 1.09. The van der Waals surface area contributed by atoms with Gasteiger partial charge in [-0.2, -0.15) is 0 Å². The van der Waals surface area contributed by atoms with Crippen LogP contribution in [0.3, 0.4) is 0 Å². The molecule has 0 amide bonds. The number of benzene rings is 1. The Morgan fingerprint density at radius 2 is 2.05 bits per heavy atom. The maximum Gasteiger partial charge on any atom is 0.146 e. The van der Waals surface area contributed by atoms with E-state index in [0.717, 1.165) is 55.2 Å². The zero-order valence-corrected chi connectivity index (χ0v) is 13.9. The van der Waals surface area contributed by atoms with Gasteiger partial charge in [-0.3, -0.25) is 0 Å². The number of halogens is 1. The number of ether oxygens (including phenoxy) is 1. The van der Waals surface area contributed by atoms with Crippen molar-refractivity contribution < 1.29 is 4.74 Å². The van der Waals surface area contributed by atoms with E-state index in [1.807, 2.05) is 12.1 Å². The van der Waals surface area contributed by atoms with Gasteiger partial charge in [0.1, 0.15) is 17.1 Å². The molecule has 2 aromatic rings. The summed E-state index contributed by atoms with van der Waals surface area (Å²) in [4.78, 5) is 7.06. The highest BCUT2D eigenvalue weighted by molar-refractivity contribution is 6.16. The van der Waals surface area contributed by atoms with Gasteiger partial charge in [-0.25, -0.2) is 4.98 Å². The number of rotatable bonds is 8. The zero-order chi connectivity index (χ0) is 15.2. The van der Waals surface area contributed by atoms with Crippen molar-refractivity contribution >= 4 is 22.6 Å². The third-order valence-corrected chi connectivity index (χ3v) is 4.15. The van der Waals surface area contributed by atoms with Crippen LogP contribution < -0.4 is 4.74 Å². The molecule has 2 rings (SSSR count). The summed E-state index contributed by atoms with van der Waals surface area (Å²) in [5.74, 6) is 2.14. The van der Waals surface area contributed by atoms with Crippen molar-refractivity contribution in [3.63, 3.8) is 0 Å². The SMILES string of the molecule is CCN(CC)CCCn1c(CCl)nc2c(OC)cccc21. The zero-order valence-electron chi connectivity index (χ0n) is 13.1. The summed E-state index contributed by atoms with van der Waals surface area (Å²) in [7, 11) is 1.68. The lowest BCUT2D eigenvalue weighted by Crippen LogP contribution is -2.25. The largest absolute Gasteiger partial charge is 0.494 e. The van der Waals surface area contributed by atoms with E-state index in [2.05, 4.69) is 34.4 Å². The summed E-state index contributed by atoms with van der Waals surface area (Å²) in [6, 6.07) is 6.02. The highest BCUT2D eigenvalue weighted by atomic mass is 35.5. The van der Waals surface area contributed by atoms with Gasteiger partial charge >= 0.3 is 0 Å². The van der Waals surface area contributed by atoms with Gasteiger partial charge in [0.15, 0.2) is 0 Å². The first-order valence-corrected chi connectivity index (χ1v) is 8.09. The number of aryl methyl sites for hydroxylation is 1. The number of fused-ring (bicyclic) bond motifs is 1. The van der Waals surface area contributed by atoms with Crippen LogP contribution in [0.5, 0.6) is 5.75 Å². The van der Waals surface area contributed by atoms with Crippen molar-refractivity contribution in [2.45, 2.75) is 32.7 Å². The molecule has 21 heavy (non-hydrogen) atoms.